The molecule has 4 heteroatoms. The predicted octanol–water partition coefficient (Wildman–Crippen LogP) is 1.96. The van der Waals surface area contributed by atoms with Gasteiger partial charge < -0.3 is 14.8 Å². The monoisotopic (exact) mass is 250 g/mol. The first-order chi connectivity index (χ1) is 8.67. The molecular weight excluding hydrogens is 227 g/mol. The Morgan fingerprint density at radius 2 is 1.83 bits per heavy atom. The average Bonchev–Trinajstić information content (AvgIpc) is 2.39. The fraction of sp³-hybridized carbons (Fsp3) is 0.571. The molecule has 1 rings (SSSR count). The van der Waals surface area contributed by atoms with Crippen molar-refractivity contribution >= 4 is 12.6 Å². The SMILES string of the molecule is CCCC[C@@H](CC)COc1ccc(B(O)O)cc1. The molecule has 0 radical (unpaired) electrons. The summed E-state index contributed by atoms with van der Waals surface area (Å²) in [7, 11) is -1.41. The van der Waals surface area contributed by atoms with Crippen molar-refractivity contribution in [3.8, 4) is 5.75 Å². The van der Waals surface area contributed by atoms with Crippen molar-refractivity contribution in [3.63, 3.8) is 0 Å². The van der Waals surface area contributed by atoms with Gasteiger partial charge in [-0.3, -0.25) is 0 Å². The van der Waals surface area contributed by atoms with Crippen LogP contribution in [0.1, 0.15) is 39.5 Å². The number of benzene rings is 1. The molecule has 0 aliphatic carbocycles. The number of hydrogen-bond donors (Lipinski definition) is 2. The molecule has 0 fully saturated rings. The van der Waals surface area contributed by atoms with Gasteiger partial charge in [0.25, 0.3) is 0 Å². The summed E-state index contributed by atoms with van der Waals surface area (Å²) in [5, 5.41) is 18.0. The molecule has 2 N–H and O–H groups in total. The lowest BCUT2D eigenvalue weighted by atomic mass is 9.80. The standard InChI is InChI=1S/C14H23BO3/c1-3-5-6-12(4-2)11-18-14-9-7-13(8-10-14)15(16)17/h7-10,12,16-17H,3-6,11H2,1-2H3/t12-/m1/s1. The van der Waals surface area contributed by atoms with Crippen molar-refractivity contribution in [2.45, 2.75) is 39.5 Å². The van der Waals surface area contributed by atoms with Crippen LogP contribution in [0.15, 0.2) is 24.3 Å². The van der Waals surface area contributed by atoms with E-state index in [9.17, 15) is 0 Å². The third-order valence-electron chi connectivity index (χ3n) is 3.21. The van der Waals surface area contributed by atoms with Gasteiger partial charge in [0, 0.05) is 0 Å². The van der Waals surface area contributed by atoms with Crippen molar-refractivity contribution in [2.75, 3.05) is 6.61 Å². The van der Waals surface area contributed by atoms with Crippen LogP contribution in [-0.4, -0.2) is 23.8 Å². The van der Waals surface area contributed by atoms with Crippen LogP contribution in [0.25, 0.3) is 0 Å². The molecule has 0 aliphatic rings. The van der Waals surface area contributed by atoms with Crippen molar-refractivity contribution in [3.05, 3.63) is 24.3 Å². The van der Waals surface area contributed by atoms with Crippen LogP contribution in [0.5, 0.6) is 5.75 Å². The molecule has 1 aromatic rings. The predicted molar refractivity (Wildman–Crippen MR) is 75.1 cm³/mol. The Morgan fingerprint density at radius 3 is 2.33 bits per heavy atom. The van der Waals surface area contributed by atoms with E-state index >= 15 is 0 Å². The second kappa shape index (κ2) is 8.17. The van der Waals surface area contributed by atoms with Crippen LogP contribution in [0.2, 0.25) is 0 Å². The second-order valence-corrected chi connectivity index (χ2v) is 4.67. The molecule has 3 nitrogen and oxygen atoms in total. The molecule has 100 valence electrons. The quantitative estimate of drug-likeness (QED) is 0.693. The van der Waals surface area contributed by atoms with Crippen LogP contribution in [0.3, 0.4) is 0 Å². The Labute approximate surface area is 110 Å². The molecule has 0 spiro atoms. The maximum Gasteiger partial charge on any atom is 0.488 e. The summed E-state index contributed by atoms with van der Waals surface area (Å²) < 4.78 is 5.73. The zero-order chi connectivity index (χ0) is 13.4. The first-order valence-electron chi connectivity index (χ1n) is 6.76. The Balaban J connectivity index is 2.42. The summed E-state index contributed by atoms with van der Waals surface area (Å²) in [5.41, 5.74) is 0.486. The van der Waals surface area contributed by atoms with Gasteiger partial charge in [-0.1, -0.05) is 45.2 Å². The average molecular weight is 250 g/mol. The van der Waals surface area contributed by atoms with Gasteiger partial charge in [0.15, 0.2) is 0 Å². The highest BCUT2D eigenvalue weighted by Crippen LogP contribution is 2.15. The van der Waals surface area contributed by atoms with Crippen molar-refractivity contribution < 1.29 is 14.8 Å². The fourth-order valence-corrected chi connectivity index (χ4v) is 1.85. The van der Waals surface area contributed by atoms with Crippen LogP contribution >= 0.6 is 0 Å². The summed E-state index contributed by atoms with van der Waals surface area (Å²) in [4.78, 5) is 0. The minimum atomic E-state index is -1.41. The molecule has 0 amide bonds. The van der Waals surface area contributed by atoms with E-state index in [0.717, 1.165) is 18.8 Å². The maximum absolute atomic E-state index is 8.98. The highest BCUT2D eigenvalue weighted by molar-refractivity contribution is 6.58. The number of unbranched alkanes of at least 4 members (excludes halogenated alkanes) is 1. The van der Waals surface area contributed by atoms with E-state index in [4.69, 9.17) is 14.8 Å². The smallest absolute Gasteiger partial charge is 0.488 e. The third-order valence-corrected chi connectivity index (χ3v) is 3.21. The van der Waals surface area contributed by atoms with E-state index in [0.29, 0.717) is 11.4 Å². The van der Waals surface area contributed by atoms with Crippen molar-refractivity contribution in [2.24, 2.45) is 5.92 Å². The van der Waals surface area contributed by atoms with Gasteiger partial charge in [0.2, 0.25) is 0 Å². The minimum Gasteiger partial charge on any atom is -0.493 e. The van der Waals surface area contributed by atoms with E-state index < -0.39 is 7.12 Å². The Bertz CT molecular complexity index is 324. The zero-order valence-corrected chi connectivity index (χ0v) is 11.3. The van der Waals surface area contributed by atoms with E-state index in [1.165, 1.54) is 19.3 Å². The molecule has 0 unspecified atom stereocenters. The highest BCUT2D eigenvalue weighted by atomic mass is 16.5. The second-order valence-electron chi connectivity index (χ2n) is 4.67. The summed E-state index contributed by atoms with van der Waals surface area (Å²) in [6.45, 7) is 5.12. The molecule has 0 bridgehead atoms. The number of ether oxygens (including phenoxy) is 1. The topological polar surface area (TPSA) is 49.7 Å². The van der Waals surface area contributed by atoms with Gasteiger partial charge in [-0.05, 0) is 29.9 Å². The van der Waals surface area contributed by atoms with Gasteiger partial charge in [-0.2, -0.15) is 0 Å². The largest absolute Gasteiger partial charge is 0.493 e. The molecule has 0 saturated carbocycles. The Kier molecular flexibility index (Phi) is 6.84. The lowest BCUT2D eigenvalue weighted by molar-refractivity contribution is 0.233. The van der Waals surface area contributed by atoms with Crippen molar-refractivity contribution in [1.29, 1.82) is 0 Å². The van der Waals surface area contributed by atoms with E-state index in [-0.39, 0.29) is 0 Å². The van der Waals surface area contributed by atoms with Crippen LogP contribution in [-0.2, 0) is 0 Å². The summed E-state index contributed by atoms with van der Waals surface area (Å²) in [5.74, 6) is 1.39. The Hall–Kier alpha value is -0.995. The zero-order valence-electron chi connectivity index (χ0n) is 11.3. The lowest BCUT2D eigenvalue weighted by Gasteiger charge is -2.15. The van der Waals surface area contributed by atoms with Crippen LogP contribution in [0.4, 0.5) is 0 Å². The molecule has 0 saturated heterocycles. The van der Waals surface area contributed by atoms with E-state index in [1.54, 1.807) is 24.3 Å². The Morgan fingerprint density at radius 1 is 1.17 bits per heavy atom. The summed E-state index contributed by atoms with van der Waals surface area (Å²) in [6, 6.07) is 6.91. The molecule has 0 heterocycles. The first kappa shape index (κ1) is 15.1. The first-order valence-corrected chi connectivity index (χ1v) is 6.76. The number of hydrogen-bond acceptors (Lipinski definition) is 3. The van der Waals surface area contributed by atoms with Crippen molar-refractivity contribution in [1.82, 2.24) is 0 Å². The minimum absolute atomic E-state index is 0.486. The number of rotatable bonds is 8. The van der Waals surface area contributed by atoms with Crippen LogP contribution < -0.4 is 10.2 Å². The summed E-state index contributed by atoms with van der Waals surface area (Å²) >= 11 is 0. The maximum atomic E-state index is 8.98. The van der Waals surface area contributed by atoms with E-state index in [1.807, 2.05) is 0 Å². The van der Waals surface area contributed by atoms with Gasteiger partial charge in [-0.15, -0.1) is 0 Å². The van der Waals surface area contributed by atoms with Gasteiger partial charge in [-0.25, -0.2) is 0 Å². The molecule has 0 aliphatic heterocycles. The highest BCUT2D eigenvalue weighted by Gasteiger charge is 2.11. The van der Waals surface area contributed by atoms with E-state index in [2.05, 4.69) is 13.8 Å². The van der Waals surface area contributed by atoms with Gasteiger partial charge in [0.05, 0.1) is 6.61 Å². The van der Waals surface area contributed by atoms with Gasteiger partial charge >= 0.3 is 7.12 Å². The van der Waals surface area contributed by atoms with Gasteiger partial charge in [0.1, 0.15) is 5.75 Å². The lowest BCUT2D eigenvalue weighted by Crippen LogP contribution is -2.29. The molecule has 1 aromatic carbocycles. The van der Waals surface area contributed by atoms with Crippen LogP contribution in [0, 0.1) is 5.92 Å². The molecular formula is C14H23BO3. The normalized spacial score (nSPS) is 12.2. The third kappa shape index (κ3) is 5.11. The molecule has 18 heavy (non-hydrogen) atoms. The fourth-order valence-electron chi connectivity index (χ4n) is 1.85. The molecule has 1 atom stereocenters. The summed E-state index contributed by atoms with van der Waals surface area (Å²) in [6.07, 6.45) is 4.81. The molecule has 0 aromatic heterocycles.